The number of hydrogen-bond donors (Lipinski definition) is 1. The fourth-order valence-corrected chi connectivity index (χ4v) is 0.948. The van der Waals surface area contributed by atoms with Crippen LogP contribution in [-0.4, -0.2) is 41.1 Å². The first-order valence-electron chi connectivity index (χ1n) is 3.72. The number of esters is 1. The summed E-state index contributed by atoms with van der Waals surface area (Å²) in [5.41, 5.74) is 0. The monoisotopic (exact) mass is 172 g/mol. The molecule has 68 valence electrons. The van der Waals surface area contributed by atoms with Gasteiger partial charge >= 0.3 is 5.97 Å². The Morgan fingerprint density at radius 1 is 1.75 bits per heavy atom. The lowest BCUT2D eigenvalue weighted by atomic mass is 10.3. The molecule has 0 radical (unpaired) electrons. The van der Waals surface area contributed by atoms with Gasteiger partial charge in [-0.15, -0.1) is 0 Å². The van der Waals surface area contributed by atoms with E-state index in [9.17, 15) is 10.0 Å². The Labute approximate surface area is 70.7 Å². The van der Waals surface area contributed by atoms with Gasteiger partial charge in [0.05, 0.1) is 6.61 Å². The van der Waals surface area contributed by atoms with Crippen LogP contribution in [0.4, 0.5) is 0 Å². The molecule has 0 aromatic rings. The molecule has 0 amide bonds. The van der Waals surface area contributed by atoms with Gasteiger partial charge in [-0.1, -0.05) is 5.17 Å². The van der Waals surface area contributed by atoms with E-state index in [4.69, 9.17) is 4.74 Å². The van der Waals surface area contributed by atoms with E-state index in [1.807, 2.05) is 0 Å². The lowest BCUT2D eigenvalue weighted by molar-refractivity contribution is -0.227. The fraction of sp³-hybridized carbons (Fsp3) is 0.571. The van der Waals surface area contributed by atoms with Crippen molar-refractivity contribution < 1.29 is 14.7 Å². The Bertz CT molecular complexity index is 205. The minimum atomic E-state index is -0.699. The van der Waals surface area contributed by atoms with Crippen molar-refractivity contribution >= 4 is 5.97 Å². The van der Waals surface area contributed by atoms with Gasteiger partial charge < -0.3 is 4.74 Å². The Morgan fingerprint density at radius 2 is 2.42 bits per heavy atom. The molecule has 0 aromatic heterocycles. The van der Waals surface area contributed by atoms with Crippen molar-refractivity contribution in [2.45, 2.75) is 13.0 Å². The molecule has 0 fully saturated rings. The second kappa shape index (κ2) is 3.55. The summed E-state index contributed by atoms with van der Waals surface area (Å²) in [5.74, 6) is -0.444. The van der Waals surface area contributed by atoms with E-state index >= 15 is 0 Å². The molecule has 1 heterocycles. The topological polar surface area (TPSA) is 53.0 Å². The summed E-state index contributed by atoms with van der Waals surface area (Å²) in [6.07, 6.45) is 3.17. The van der Waals surface area contributed by atoms with Crippen molar-refractivity contribution in [2.24, 2.45) is 0 Å². The second-order valence-electron chi connectivity index (χ2n) is 2.43. The Kier molecular flexibility index (Phi) is 2.67. The molecule has 0 saturated carbocycles. The van der Waals surface area contributed by atoms with Crippen molar-refractivity contribution in [3.63, 3.8) is 0 Å². The highest BCUT2D eigenvalue weighted by Crippen LogP contribution is 2.11. The molecule has 1 aliphatic heterocycles. The van der Waals surface area contributed by atoms with Crippen molar-refractivity contribution in [2.75, 3.05) is 13.7 Å². The molecule has 0 aliphatic carbocycles. The maximum absolute atomic E-state index is 11.1. The summed E-state index contributed by atoms with van der Waals surface area (Å²) < 4.78 is 4.73. The third kappa shape index (κ3) is 1.57. The lowest BCUT2D eigenvalue weighted by Crippen LogP contribution is -2.41. The van der Waals surface area contributed by atoms with Crippen molar-refractivity contribution in [1.82, 2.24) is 10.2 Å². The molecule has 0 aromatic carbocycles. The average molecular weight is 172 g/mol. The number of hydroxylamine groups is 1. The summed E-state index contributed by atoms with van der Waals surface area (Å²) >= 11 is 0. The van der Waals surface area contributed by atoms with Crippen LogP contribution < -0.4 is 0 Å². The highest BCUT2D eigenvalue weighted by molar-refractivity contribution is 5.78. The molecule has 0 spiro atoms. The zero-order valence-electron chi connectivity index (χ0n) is 7.10. The van der Waals surface area contributed by atoms with Gasteiger partial charge in [-0.05, 0) is 13.0 Å². The van der Waals surface area contributed by atoms with E-state index in [-0.39, 0.29) is 0 Å². The minimum absolute atomic E-state index is 0.320. The zero-order valence-corrected chi connectivity index (χ0v) is 7.10. The molecule has 5 heteroatoms. The van der Waals surface area contributed by atoms with Crippen LogP contribution in [0.2, 0.25) is 0 Å². The smallest absolute Gasteiger partial charge is 0.331 e. The summed E-state index contributed by atoms with van der Waals surface area (Å²) in [6.45, 7) is 2.04. The summed E-state index contributed by atoms with van der Waals surface area (Å²) in [6, 6.07) is -0.699. The van der Waals surface area contributed by atoms with Crippen LogP contribution in [-0.2, 0) is 9.53 Å². The number of hydrogen-bond acceptors (Lipinski definition) is 5. The van der Waals surface area contributed by atoms with E-state index in [0.29, 0.717) is 6.61 Å². The SMILES string of the molecule is CCOC(=O)C1C=CN(C)N1O. The first-order chi connectivity index (χ1) is 5.66. The summed E-state index contributed by atoms with van der Waals surface area (Å²) in [7, 11) is 1.63. The maximum atomic E-state index is 11.1. The number of ether oxygens (including phenoxy) is 1. The molecule has 1 N–H and O–H groups in total. The molecular formula is C7H12N2O3. The van der Waals surface area contributed by atoms with Gasteiger partial charge in [0.25, 0.3) is 0 Å². The summed E-state index contributed by atoms with van der Waals surface area (Å²) in [5, 5.41) is 11.5. The summed E-state index contributed by atoms with van der Waals surface area (Å²) in [4.78, 5) is 11.1. The van der Waals surface area contributed by atoms with Crippen LogP contribution in [0.3, 0.4) is 0 Å². The van der Waals surface area contributed by atoms with Crippen molar-refractivity contribution in [3.8, 4) is 0 Å². The first-order valence-corrected chi connectivity index (χ1v) is 3.72. The molecule has 5 nitrogen and oxygen atoms in total. The molecule has 1 atom stereocenters. The maximum Gasteiger partial charge on any atom is 0.331 e. The van der Waals surface area contributed by atoms with Gasteiger partial charge in [-0.2, -0.15) is 0 Å². The molecular weight excluding hydrogens is 160 g/mol. The minimum Gasteiger partial charge on any atom is -0.464 e. The molecule has 12 heavy (non-hydrogen) atoms. The third-order valence-corrected chi connectivity index (χ3v) is 1.58. The second-order valence-corrected chi connectivity index (χ2v) is 2.43. The van der Waals surface area contributed by atoms with Crippen LogP contribution in [0.25, 0.3) is 0 Å². The van der Waals surface area contributed by atoms with Crippen LogP contribution in [0, 0.1) is 0 Å². The van der Waals surface area contributed by atoms with Crippen LogP contribution in [0.5, 0.6) is 0 Å². The highest BCUT2D eigenvalue weighted by atomic mass is 16.6. The Balaban J connectivity index is 2.54. The van der Waals surface area contributed by atoms with E-state index in [0.717, 1.165) is 5.17 Å². The lowest BCUT2D eigenvalue weighted by Gasteiger charge is -2.22. The Hall–Kier alpha value is -1.07. The molecule has 1 unspecified atom stereocenters. The van der Waals surface area contributed by atoms with Crippen LogP contribution in [0.15, 0.2) is 12.3 Å². The largest absolute Gasteiger partial charge is 0.464 e. The fourth-order valence-electron chi connectivity index (χ4n) is 0.948. The van der Waals surface area contributed by atoms with Gasteiger partial charge in [0, 0.05) is 13.2 Å². The molecule has 0 saturated heterocycles. The van der Waals surface area contributed by atoms with E-state index < -0.39 is 12.0 Å². The van der Waals surface area contributed by atoms with E-state index in [2.05, 4.69) is 0 Å². The van der Waals surface area contributed by atoms with E-state index in [1.54, 1.807) is 26.2 Å². The third-order valence-electron chi connectivity index (χ3n) is 1.58. The standard InChI is InChI=1S/C7H12N2O3/c1-3-12-7(10)6-4-5-8(2)9(6)11/h4-6,11H,3H2,1-2H3. The van der Waals surface area contributed by atoms with Crippen molar-refractivity contribution in [1.29, 1.82) is 0 Å². The molecule has 0 bridgehead atoms. The van der Waals surface area contributed by atoms with Gasteiger partial charge in [0.2, 0.25) is 0 Å². The molecule has 1 rings (SSSR count). The van der Waals surface area contributed by atoms with Gasteiger partial charge in [0.15, 0.2) is 6.04 Å². The normalized spacial score (nSPS) is 23.2. The number of carbonyl (C=O) groups excluding carboxylic acids is 1. The quantitative estimate of drug-likeness (QED) is 0.593. The highest BCUT2D eigenvalue weighted by Gasteiger charge is 2.29. The number of carbonyl (C=O) groups is 1. The number of rotatable bonds is 2. The Morgan fingerprint density at radius 3 is 2.83 bits per heavy atom. The molecule has 1 aliphatic rings. The van der Waals surface area contributed by atoms with E-state index in [1.165, 1.54) is 5.01 Å². The van der Waals surface area contributed by atoms with Gasteiger partial charge in [-0.25, -0.2) is 4.79 Å². The van der Waals surface area contributed by atoms with Gasteiger partial charge in [0.1, 0.15) is 0 Å². The van der Waals surface area contributed by atoms with Gasteiger partial charge in [-0.3, -0.25) is 10.2 Å². The van der Waals surface area contributed by atoms with Crippen LogP contribution in [0.1, 0.15) is 6.92 Å². The number of hydrazine groups is 1. The predicted octanol–water partition coefficient (Wildman–Crippen LogP) is -0.0166. The van der Waals surface area contributed by atoms with Crippen LogP contribution >= 0.6 is 0 Å². The predicted molar refractivity (Wildman–Crippen MR) is 40.9 cm³/mol. The average Bonchev–Trinajstić information content (AvgIpc) is 2.34. The number of nitrogens with zero attached hydrogens (tertiary/aromatic N) is 2. The van der Waals surface area contributed by atoms with Crippen molar-refractivity contribution in [3.05, 3.63) is 12.3 Å². The zero-order chi connectivity index (χ0) is 9.14. The first kappa shape index (κ1) is 9.02.